The molecule has 2 N–H and O–H groups in total. The van der Waals surface area contributed by atoms with Gasteiger partial charge in [0, 0.05) is 5.41 Å². The summed E-state index contributed by atoms with van der Waals surface area (Å²) in [6, 6.07) is -1.45. The van der Waals surface area contributed by atoms with E-state index in [1.165, 1.54) is 0 Å². The van der Waals surface area contributed by atoms with Gasteiger partial charge in [-0.15, -0.1) is 0 Å². The van der Waals surface area contributed by atoms with Crippen molar-refractivity contribution in [3.8, 4) is 0 Å². The lowest BCUT2D eigenvalue weighted by Crippen LogP contribution is -2.69. The predicted octanol–water partition coefficient (Wildman–Crippen LogP) is -0.237. The van der Waals surface area contributed by atoms with Gasteiger partial charge in [0.25, 0.3) is 0 Å². The summed E-state index contributed by atoms with van der Waals surface area (Å²) in [5.41, 5.74) is -0.365. The summed E-state index contributed by atoms with van der Waals surface area (Å²) in [6.07, 6.45) is -5.05. The molecule has 2 bridgehead atoms. The first-order valence-electron chi connectivity index (χ1n) is 5.61. The number of rotatable bonds is 3. The number of aliphatic hydroxyl groups excluding tert-OH is 1. The van der Waals surface area contributed by atoms with Crippen molar-refractivity contribution in [3.05, 3.63) is 0 Å². The number of ether oxygens (including phenoxy) is 3. The molecule has 3 aliphatic rings. The van der Waals surface area contributed by atoms with Crippen molar-refractivity contribution in [1.82, 2.24) is 5.32 Å². The van der Waals surface area contributed by atoms with Gasteiger partial charge >= 0.3 is 18.1 Å². The smallest absolute Gasteiger partial charge is 0.394 e. The van der Waals surface area contributed by atoms with Crippen LogP contribution in [0.25, 0.3) is 0 Å². The van der Waals surface area contributed by atoms with Crippen molar-refractivity contribution < 1.29 is 37.3 Å². The van der Waals surface area contributed by atoms with Gasteiger partial charge in [0.05, 0.1) is 26.4 Å². The maximum Gasteiger partial charge on any atom is 0.471 e. The van der Waals surface area contributed by atoms with E-state index < -0.39 is 30.7 Å². The number of aliphatic hydroxyl groups is 1. The largest absolute Gasteiger partial charge is 0.471 e. The molecule has 0 radical (unpaired) electrons. The highest BCUT2D eigenvalue weighted by molar-refractivity contribution is 5.82. The number of nitrogens with one attached hydrogen (secondary N) is 1. The minimum Gasteiger partial charge on any atom is -0.394 e. The summed E-state index contributed by atoms with van der Waals surface area (Å²) in [7, 11) is 0. The normalized spacial score (nSPS) is 36.1. The van der Waals surface area contributed by atoms with Crippen molar-refractivity contribution in [2.75, 3.05) is 26.4 Å². The van der Waals surface area contributed by atoms with Crippen LogP contribution in [0.15, 0.2) is 0 Å². The Morgan fingerprint density at radius 1 is 1.32 bits per heavy atom. The first-order valence-corrected chi connectivity index (χ1v) is 5.61. The van der Waals surface area contributed by atoms with Crippen molar-refractivity contribution in [2.24, 2.45) is 5.41 Å². The van der Waals surface area contributed by atoms with E-state index in [2.05, 4.69) is 0 Å². The summed E-state index contributed by atoms with van der Waals surface area (Å²) in [4.78, 5) is 10.9. The number of carbonyl (C=O) groups is 1. The molecule has 3 rings (SSSR count). The van der Waals surface area contributed by atoms with Crippen molar-refractivity contribution in [1.29, 1.82) is 0 Å². The Bertz CT molecular complexity index is 348. The van der Waals surface area contributed by atoms with Gasteiger partial charge in [0.1, 0.15) is 6.04 Å². The second kappa shape index (κ2) is 4.58. The number of hydrogen-bond acceptors (Lipinski definition) is 5. The van der Waals surface area contributed by atoms with Crippen molar-refractivity contribution in [3.63, 3.8) is 0 Å². The molecule has 3 heterocycles. The Balaban J connectivity index is 2.08. The van der Waals surface area contributed by atoms with Crippen LogP contribution in [0, 0.1) is 5.41 Å². The molecule has 0 saturated carbocycles. The quantitative estimate of drug-likeness (QED) is 0.748. The lowest BCUT2D eigenvalue weighted by atomic mass is 9.91. The molecule has 3 saturated heterocycles. The molecule has 0 aromatic carbocycles. The minimum absolute atomic E-state index is 0.214. The second-order valence-electron chi connectivity index (χ2n) is 4.99. The third kappa shape index (κ3) is 2.69. The van der Waals surface area contributed by atoms with Gasteiger partial charge in [-0.2, -0.15) is 13.2 Å². The molecule has 0 aliphatic carbocycles. The van der Waals surface area contributed by atoms with Crippen LogP contribution in [0.5, 0.6) is 0 Å². The molecule has 0 spiro atoms. The van der Waals surface area contributed by atoms with Gasteiger partial charge in [0.2, 0.25) is 0 Å². The molecular formula is C10H14F3NO5. The van der Waals surface area contributed by atoms with E-state index in [1.54, 1.807) is 5.32 Å². The number of amides is 1. The molecule has 0 unspecified atom stereocenters. The molecule has 3 fully saturated rings. The van der Waals surface area contributed by atoms with E-state index in [0.29, 0.717) is 0 Å². The van der Waals surface area contributed by atoms with Crippen LogP contribution in [0.3, 0.4) is 0 Å². The average molecular weight is 285 g/mol. The van der Waals surface area contributed by atoms with Crippen molar-refractivity contribution >= 4 is 5.91 Å². The van der Waals surface area contributed by atoms with Gasteiger partial charge in [-0.1, -0.05) is 6.92 Å². The van der Waals surface area contributed by atoms with Gasteiger partial charge in [-0.3, -0.25) is 4.79 Å². The van der Waals surface area contributed by atoms with Gasteiger partial charge in [0.15, 0.2) is 0 Å². The molecule has 19 heavy (non-hydrogen) atoms. The SMILES string of the molecule is CC12COC([C@H](CO)NC(=O)C(F)(F)F)(OC1)OC2. The number of hydrogen-bond donors (Lipinski definition) is 2. The van der Waals surface area contributed by atoms with Crippen LogP contribution in [0.2, 0.25) is 0 Å². The summed E-state index contributed by atoms with van der Waals surface area (Å²) < 4.78 is 52.3. The number of fused-ring (bicyclic) bond motifs is 3. The Hall–Kier alpha value is -0.900. The lowest BCUT2D eigenvalue weighted by molar-refractivity contribution is -0.475. The first kappa shape index (κ1) is 14.5. The minimum atomic E-state index is -5.05. The van der Waals surface area contributed by atoms with Crippen LogP contribution in [-0.2, 0) is 19.0 Å². The Labute approximate surface area is 106 Å². The predicted molar refractivity (Wildman–Crippen MR) is 53.8 cm³/mol. The van der Waals surface area contributed by atoms with E-state index in [-0.39, 0.29) is 25.2 Å². The molecule has 0 aromatic heterocycles. The molecule has 3 aliphatic heterocycles. The van der Waals surface area contributed by atoms with Gasteiger partial charge in [-0.25, -0.2) is 0 Å². The fraction of sp³-hybridized carbons (Fsp3) is 0.900. The first-order chi connectivity index (χ1) is 8.71. The highest BCUT2D eigenvalue weighted by Gasteiger charge is 2.56. The molecule has 1 amide bonds. The van der Waals surface area contributed by atoms with Crippen molar-refractivity contribution in [2.45, 2.75) is 25.1 Å². The second-order valence-corrected chi connectivity index (χ2v) is 4.99. The highest BCUT2D eigenvalue weighted by Crippen LogP contribution is 2.39. The van der Waals surface area contributed by atoms with Gasteiger partial charge < -0.3 is 24.6 Å². The zero-order chi connectivity index (χ0) is 14.3. The van der Waals surface area contributed by atoms with Crippen LogP contribution in [-0.4, -0.2) is 55.6 Å². The third-order valence-electron chi connectivity index (χ3n) is 3.04. The topological polar surface area (TPSA) is 77.0 Å². The van der Waals surface area contributed by atoms with Gasteiger partial charge in [-0.05, 0) is 0 Å². The summed E-state index contributed by atoms with van der Waals surface area (Å²) in [5, 5.41) is 10.8. The molecule has 1 atom stereocenters. The number of halogens is 3. The van der Waals surface area contributed by atoms with E-state index in [9.17, 15) is 18.0 Å². The van der Waals surface area contributed by atoms with Crippen LogP contribution in [0.1, 0.15) is 6.92 Å². The van der Waals surface area contributed by atoms with E-state index in [4.69, 9.17) is 19.3 Å². The lowest BCUT2D eigenvalue weighted by Gasteiger charge is -2.52. The van der Waals surface area contributed by atoms with E-state index >= 15 is 0 Å². The van der Waals surface area contributed by atoms with E-state index in [1.807, 2.05) is 6.92 Å². The Morgan fingerprint density at radius 2 is 1.79 bits per heavy atom. The zero-order valence-electron chi connectivity index (χ0n) is 10.1. The molecule has 0 aromatic rings. The number of alkyl halides is 3. The summed E-state index contributed by atoms with van der Waals surface area (Å²) in [5.74, 6) is -4.04. The Kier molecular flexibility index (Phi) is 3.50. The van der Waals surface area contributed by atoms with E-state index in [0.717, 1.165) is 0 Å². The third-order valence-corrected chi connectivity index (χ3v) is 3.04. The van der Waals surface area contributed by atoms with Crippen LogP contribution >= 0.6 is 0 Å². The van der Waals surface area contributed by atoms with Crippen LogP contribution < -0.4 is 5.32 Å². The molecular weight excluding hydrogens is 271 g/mol. The Morgan fingerprint density at radius 3 is 2.16 bits per heavy atom. The molecule has 9 heteroatoms. The monoisotopic (exact) mass is 285 g/mol. The number of carbonyl (C=O) groups excluding carboxylic acids is 1. The molecule has 6 nitrogen and oxygen atoms in total. The summed E-state index contributed by atoms with van der Waals surface area (Å²) in [6.45, 7) is 1.67. The maximum absolute atomic E-state index is 12.2. The fourth-order valence-corrected chi connectivity index (χ4v) is 1.86. The molecule has 110 valence electrons. The average Bonchev–Trinajstić information content (AvgIpc) is 2.36. The summed E-state index contributed by atoms with van der Waals surface area (Å²) >= 11 is 0. The highest BCUT2D eigenvalue weighted by atomic mass is 19.4. The fourth-order valence-electron chi connectivity index (χ4n) is 1.86. The standard InChI is InChI=1S/C10H14F3NO5/c1-8-3-17-10(18-4-8,19-5-8)6(2-15)14-7(16)9(11,12)13/h6,15H,2-5H2,1H3,(H,14,16)/t6-,8?,10?/m0/s1. The van der Waals surface area contributed by atoms with Crippen LogP contribution in [0.4, 0.5) is 13.2 Å². The zero-order valence-corrected chi connectivity index (χ0v) is 10.1. The maximum atomic E-state index is 12.2.